The maximum Gasteiger partial charge on any atom is 0.0517 e. The van der Waals surface area contributed by atoms with Gasteiger partial charge in [-0.05, 0) is 18.6 Å². The second-order valence-corrected chi connectivity index (χ2v) is 2.88. The summed E-state index contributed by atoms with van der Waals surface area (Å²) in [5, 5.41) is 1.80. The minimum absolute atomic E-state index is 0.931. The Morgan fingerprint density at radius 3 is 2.50 bits per heavy atom. The Bertz CT molecular complexity index is 208. The summed E-state index contributed by atoms with van der Waals surface area (Å²) >= 11 is 0. The number of anilines is 1. The molecule has 0 radical (unpaired) electrons. The lowest BCUT2D eigenvalue weighted by atomic mass is 10.3. The summed E-state index contributed by atoms with van der Waals surface area (Å²) in [6.07, 6.45) is 2.33. The van der Waals surface area contributed by atoms with Gasteiger partial charge in [0.15, 0.2) is 0 Å². The van der Waals surface area contributed by atoms with E-state index >= 15 is 0 Å². The molecule has 1 aromatic carbocycles. The van der Waals surface area contributed by atoms with E-state index in [0.29, 0.717) is 0 Å². The first kappa shape index (κ1) is 9.07. The van der Waals surface area contributed by atoms with Crippen molar-refractivity contribution < 1.29 is 0 Å². The Kier molecular flexibility index (Phi) is 3.61. The Morgan fingerprint density at radius 2 is 1.92 bits per heavy atom. The molecular weight excluding hydrogens is 148 g/mol. The monoisotopic (exact) mass is 164 g/mol. The molecule has 0 aliphatic carbocycles. The molecule has 0 saturated carbocycles. The van der Waals surface area contributed by atoms with Crippen molar-refractivity contribution in [1.82, 2.24) is 0 Å². The molecule has 0 spiro atoms. The minimum Gasteiger partial charge on any atom is -0.311 e. The van der Waals surface area contributed by atoms with E-state index in [2.05, 4.69) is 6.92 Å². The van der Waals surface area contributed by atoms with Gasteiger partial charge in [-0.15, -0.1) is 0 Å². The Hall–Kier alpha value is -1.02. The van der Waals surface area contributed by atoms with E-state index in [-0.39, 0.29) is 0 Å². The van der Waals surface area contributed by atoms with Crippen LogP contribution < -0.4 is 10.9 Å². The third-order valence-corrected chi connectivity index (χ3v) is 1.84. The van der Waals surface area contributed by atoms with Crippen LogP contribution in [0.15, 0.2) is 30.3 Å². The van der Waals surface area contributed by atoms with Gasteiger partial charge in [0.25, 0.3) is 0 Å². The van der Waals surface area contributed by atoms with Crippen LogP contribution in [0, 0.1) is 0 Å². The Balaban J connectivity index is 2.48. The highest BCUT2D eigenvalue weighted by Gasteiger charge is 1.97. The summed E-state index contributed by atoms with van der Waals surface area (Å²) in [6, 6.07) is 10.0. The lowest BCUT2D eigenvalue weighted by Gasteiger charge is -2.17. The number of nitrogens with two attached hydrogens (primary N) is 1. The number of rotatable bonds is 4. The summed E-state index contributed by atoms with van der Waals surface area (Å²) in [4.78, 5) is 0. The molecule has 2 N–H and O–H groups in total. The van der Waals surface area contributed by atoms with Crippen molar-refractivity contribution in [3.8, 4) is 0 Å². The second kappa shape index (κ2) is 4.78. The van der Waals surface area contributed by atoms with Crippen molar-refractivity contribution in [2.75, 3.05) is 11.6 Å². The zero-order chi connectivity index (χ0) is 8.81. The third-order valence-electron chi connectivity index (χ3n) is 1.84. The summed E-state index contributed by atoms with van der Waals surface area (Å²) < 4.78 is 0. The van der Waals surface area contributed by atoms with E-state index in [1.165, 1.54) is 6.42 Å². The molecule has 2 nitrogen and oxygen atoms in total. The molecule has 1 aromatic rings. The van der Waals surface area contributed by atoms with E-state index in [4.69, 9.17) is 5.84 Å². The second-order valence-electron chi connectivity index (χ2n) is 2.88. The summed E-state index contributed by atoms with van der Waals surface area (Å²) in [7, 11) is 0. The number of unbranched alkanes of at least 4 members (excludes halogenated alkanes) is 1. The predicted molar refractivity (Wildman–Crippen MR) is 52.9 cm³/mol. The fourth-order valence-electron chi connectivity index (χ4n) is 1.08. The molecule has 0 amide bonds. The quantitative estimate of drug-likeness (QED) is 0.546. The SMILES string of the molecule is CCCCN(N)c1ccccc1. The van der Waals surface area contributed by atoms with Crippen LogP contribution in [0.2, 0.25) is 0 Å². The first-order valence-electron chi connectivity index (χ1n) is 4.42. The number of benzene rings is 1. The molecule has 66 valence electrons. The fraction of sp³-hybridized carbons (Fsp3) is 0.400. The van der Waals surface area contributed by atoms with Gasteiger partial charge < -0.3 is 5.01 Å². The predicted octanol–water partition coefficient (Wildman–Crippen LogP) is 2.17. The van der Waals surface area contributed by atoms with Gasteiger partial charge in [-0.3, -0.25) is 0 Å². The summed E-state index contributed by atoms with van der Waals surface area (Å²) in [5.74, 6) is 5.81. The van der Waals surface area contributed by atoms with Crippen LogP contribution in [-0.4, -0.2) is 6.54 Å². The highest BCUT2D eigenvalue weighted by Crippen LogP contribution is 2.09. The number of para-hydroxylation sites is 1. The van der Waals surface area contributed by atoms with Crippen LogP contribution in [0.1, 0.15) is 19.8 Å². The van der Waals surface area contributed by atoms with Crippen molar-refractivity contribution in [3.63, 3.8) is 0 Å². The summed E-state index contributed by atoms with van der Waals surface area (Å²) in [6.45, 7) is 3.10. The topological polar surface area (TPSA) is 29.3 Å². The molecule has 12 heavy (non-hydrogen) atoms. The lowest BCUT2D eigenvalue weighted by Crippen LogP contribution is -2.31. The van der Waals surface area contributed by atoms with Crippen LogP contribution >= 0.6 is 0 Å². The molecule has 0 aliphatic rings. The van der Waals surface area contributed by atoms with Crippen LogP contribution in [0.25, 0.3) is 0 Å². The van der Waals surface area contributed by atoms with Crippen molar-refractivity contribution in [3.05, 3.63) is 30.3 Å². The highest BCUT2D eigenvalue weighted by atomic mass is 15.4. The summed E-state index contributed by atoms with van der Waals surface area (Å²) in [5.41, 5.74) is 1.09. The molecule has 0 aliphatic heterocycles. The van der Waals surface area contributed by atoms with Gasteiger partial charge in [0.2, 0.25) is 0 Å². The zero-order valence-corrected chi connectivity index (χ0v) is 7.53. The minimum atomic E-state index is 0.931. The number of hydrogen-bond donors (Lipinski definition) is 1. The zero-order valence-electron chi connectivity index (χ0n) is 7.53. The first-order valence-corrected chi connectivity index (χ1v) is 4.42. The van der Waals surface area contributed by atoms with E-state index in [1.54, 1.807) is 5.01 Å². The maximum absolute atomic E-state index is 5.81. The molecule has 0 saturated heterocycles. The normalized spacial score (nSPS) is 9.83. The highest BCUT2D eigenvalue weighted by molar-refractivity contribution is 5.43. The Morgan fingerprint density at radius 1 is 1.25 bits per heavy atom. The van der Waals surface area contributed by atoms with Crippen LogP contribution in [-0.2, 0) is 0 Å². The molecular formula is C10H16N2. The van der Waals surface area contributed by atoms with Crippen molar-refractivity contribution >= 4 is 5.69 Å². The maximum atomic E-state index is 5.81. The van der Waals surface area contributed by atoms with Crippen molar-refractivity contribution in [2.45, 2.75) is 19.8 Å². The molecule has 0 bridgehead atoms. The lowest BCUT2D eigenvalue weighted by molar-refractivity contribution is 0.738. The Labute approximate surface area is 74.0 Å². The van der Waals surface area contributed by atoms with Gasteiger partial charge in [-0.1, -0.05) is 31.5 Å². The van der Waals surface area contributed by atoms with Gasteiger partial charge in [-0.2, -0.15) is 0 Å². The third kappa shape index (κ3) is 2.55. The molecule has 0 unspecified atom stereocenters. The molecule has 0 atom stereocenters. The standard InChI is InChI=1S/C10H16N2/c1-2-3-9-12(11)10-7-5-4-6-8-10/h4-8H,2-3,9,11H2,1H3. The van der Waals surface area contributed by atoms with Gasteiger partial charge >= 0.3 is 0 Å². The fourth-order valence-corrected chi connectivity index (χ4v) is 1.08. The van der Waals surface area contributed by atoms with E-state index < -0.39 is 0 Å². The number of hydrazine groups is 1. The first-order chi connectivity index (χ1) is 5.84. The van der Waals surface area contributed by atoms with Crippen LogP contribution in [0.3, 0.4) is 0 Å². The van der Waals surface area contributed by atoms with Crippen LogP contribution in [0.5, 0.6) is 0 Å². The van der Waals surface area contributed by atoms with Gasteiger partial charge in [0, 0.05) is 6.54 Å². The molecule has 2 heteroatoms. The van der Waals surface area contributed by atoms with E-state index in [9.17, 15) is 0 Å². The smallest absolute Gasteiger partial charge is 0.0517 e. The molecule has 1 rings (SSSR count). The van der Waals surface area contributed by atoms with E-state index in [1.807, 2.05) is 30.3 Å². The number of nitrogens with zero attached hydrogens (tertiary/aromatic N) is 1. The molecule has 0 fully saturated rings. The van der Waals surface area contributed by atoms with Gasteiger partial charge in [0.05, 0.1) is 5.69 Å². The molecule has 0 aromatic heterocycles. The van der Waals surface area contributed by atoms with Gasteiger partial charge in [0.1, 0.15) is 0 Å². The molecule has 0 heterocycles. The van der Waals surface area contributed by atoms with Crippen LogP contribution in [0.4, 0.5) is 5.69 Å². The average molecular weight is 164 g/mol. The van der Waals surface area contributed by atoms with E-state index in [0.717, 1.165) is 18.7 Å². The van der Waals surface area contributed by atoms with Gasteiger partial charge in [-0.25, -0.2) is 5.84 Å². The number of hydrogen-bond acceptors (Lipinski definition) is 2. The van der Waals surface area contributed by atoms with Crippen molar-refractivity contribution in [2.24, 2.45) is 5.84 Å². The average Bonchev–Trinajstić information content (AvgIpc) is 2.15. The largest absolute Gasteiger partial charge is 0.311 e. The van der Waals surface area contributed by atoms with Crippen molar-refractivity contribution in [1.29, 1.82) is 0 Å².